The Hall–Kier alpha value is -2.78. The summed E-state index contributed by atoms with van der Waals surface area (Å²) < 4.78 is 11.3. The third-order valence-corrected chi connectivity index (χ3v) is 4.16. The van der Waals surface area contributed by atoms with Crippen LogP contribution in [-0.2, 0) is 11.3 Å². The van der Waals surface area contributed by atoms with Gasteiger partial charge in [-0.1, -0.05) is 18.2 Å². The van der Waals surface area contributed by atoms with E-state index in [1.165, 1.54) is 0 Å². The molecule has 0 aliphatic rings. The van der Waals surface area contributed by atoms with E-state index in [2.05, 4.69) is 21.2 Å². The number of amides is 1. The van der Waals surface area contributed by atoms with Crippen molar-refractivity contribution in [2.45, 2.75) is 13.5 Å². The van der Waals surface area contributed by atoms with Gasteiger partial charge in [-0.2, -0.15) is 5.26 Å². The van der Waals surface area contributed by atoms with Gasteiger partial charge in [0, 0.05) is 6.54 Å². The Labute approximate surface area is 161 Å². The summed E-state index contributed by atoms with van der Waals surface area (Å²) in [6, 6.07) is 14.7. The highest BCUT2D eigenvalue weighted by atomic mass is 79.9. The lowest BCUT2D eigenvalue weighted by Crippen LogP contribution is -2.23. The molecule has 0 radical (unpaired) electrons. The van der Waals surface area contributed by atoms with Crippen LogP contribution in [0.25, 0.3) is 6.08 Å². The zero-order valence-electron chi connectivity index (χ0n) is 14.6. The van der Waals surface area contributed by atoms with Gasteiger partial charge >= 0.3 is 0 Å². The number of nitriles is 1. The van der Waals surface area contributed by atoms with E-state index >= 15 is 0 Å². The highest BCUT2D eigenvalue weighted by Crippen LogP contribution is 2.27. The van der Waals surface area contributed by atoms with Gasteiger partial charge in [-0.25, -0.2) is 0 Å². The molecular formula is C20H19BrN2O3. The minimum absolute atomic E-state index is 0.0366. The largest absolute Gasteiger partial charge is 0.497 e. The molecule has 0 atom stereocenters. The number of carbonyl (C=O) groups excluding carboxylic acids is 1. The Morgan fingerprint density at radius 2 is 2.00 bits per heavy atom. The third-order valence-electron chi connectivity index (χ3n) is 3.54. The van der Waals surface area contributed by atoms with E-state index in [1.807, 2.05) is 37.3 Å². The summed E-state index contributed by atoms with van der Waals surface area (Å²) in [5.41, 5.74) is 1.69. The van der Waals surface area contributed by atoms with Crippen LogP contribution in [0.3, 0.4) is 0 Å². The molecule has 0 unspecified atom stereocenters. The number of benzene rings is 2. The lowest BCUT2D eigenvalue weighted by atomic mass is 10.1. The van der Waals surface area contributed by atoms with Crippen LogP contribution >= 0.6 is 15.9 Å². The Morgan fingerprint density at radius 1 is 1.27 bits per heavy atom. The van der Waals surface area contributed by atoms with Crippen molar-refractivity contribution in [2.24, 2.45) is 0 Å². The van der Waals surface area contributed by atoms with Crippen LogP contribution in [0.5, 0.6) is 11.5 Å². The van der Waals surface area contributed by atoms with Gasteiger partial charge < -0.3 is 14.8 Å². The Bertz CT molecular complexity index is 839. The highest BCUT2D eigenvalue weighted by Gasteiger charge is 2.10. The monoisotopic (exact) mass is 414 g/mol. The van der Waals surface area contributed by atoms with Gasteiger partial charge in [0.25, 0.3) is 5.91 Å². The molecule has 2 aromatic rings. The lowest BCUT2D eigenvalue weighted by Gasteiger charge is -2.07. The summed E-state index contributed by atoms with van der Waals surface area (Å²) in [6.07, 6.45) is 1.55. The Morgan fingerprint density at radius 3 is 2.58 bits per heavy atom. The van der Waals surface area contributed by atoms with Crippen molar-refractivity contribution >= 4 is 27.9 Å². The maximum Gasteiger partial charge on any atom is 0.262 e. The highest BCUT2D eigenvalue weighted by molar-refractivity contribution is 9.10. The van der Waals surface area contributed by atoms with Gasteiger partial charge in [-0.05, 0) is 64.3 Å². The van der Waals surface area contributed by atoms with Crippen molar-refractivity contribution in [3.63, 3.8) is 0 Å². The third kappa shape index (κ3) is 5.36. The first-order valence-corrected chi connectivity index (χ1v) is 8.82. The van der Waals surface area contributed by atoms with Gasteiger partial charge in [0.05, 0.1) is 18.2 Å². The maximum absolute atomic E-state index is 12.3. The molecule has 2 aromatic carbocycles. The number of ether oxygens (including phenoxy) is 2. The molecule has 0 spiro atoms. The number of hydrogen-bond donors (Lipinski definition) is 1. The summed E-state index contributed by atoms with van der Waals surface area (Å²) in [5, 5.41) is 12.0. The second kappa shape index (κ2) is 9.64. The fourth-order valence-corrected chi connectivity index (χ4v) is 2.73. The second-order valence-corrected chi connectivity index (χ2v) is 6.18. The smallest absolute Gasteiger partial charge is 0.262 e. The second-order valence-electron chi connectivity index (χ2n) is 5.32. The van der Waals surface area contributed by atoms with E-state index in [9.17, 15) is 10.1 Å². The van der Waals surface area contributed by atoms with Gasteiger partial charge in [-0.3, -0.25) is 4.79 Å². The van der Waals surface area contributed by atoms with E-state index in [1.54, 1.807) is 31.4 Å². The first-order valence-electron chi connectivity index (χ1n) is 8.02. The predicted octanol–water partition coefficient (Wildman–Crippen LogP) is 4.08. The summed E-state index contributed by atoms with van der Waals surface area (Å²) in [7, 11) is 1.60. The van der Waals surface area contributed by atoms with Crippen LogP contribution in [0, 0.1) is 11.3 Å². The topological polar surface area (TPSA) is 71.3 Å². The number of halogens is 1. The SMILES string of the molecule is CCOc1ccc(/C=C(/C#N)C(=O)NCc2ccc(OC)cc2)cc1Br. The molecule has 0 fully saturated rings. The zero-order valence-corrected chi connectivity index (χ0v) is 16.2. The van der Waals surface area contributed by atoms with Crippen molar-refractivity contribution in [1.29, 1.82) is 5.26 Å². The number of nitrogens with zero attached hydrogens (tertiary/aromatic N) is 1. The number of methoxy groups -OCH3 is 1. The molecule has 0 aliphatic carbocycles. The number of rotatable bonds is 7. The summed E-state index contributed by atoms with van der Waals surface area (Å²) >= 11 is 3.42. The van der Waals surface area contributed by atoms with Crippen LogP contribution in [-0.4, -0.2) is 19.6 Å². The molecule has 6 heteroatoms. The van der Waals surface area contributed by atoms with E-state index in [0.29, 0.717) is 18.9 Å². The predicted molar refractivity (Wildman–Crippen MR) is 104 cm³/mol. The quantitative estimate of drug-likeness (QED) is 0.547. The molecule has 0 aliphatic heterocycles. The molecule has 0 saturated carbocycles. The molecule has 0 saturated heterocycles. The molecule has 0 aromatic heterocycles. The number of carbonyl (C=O) groups is 1. The standard InChI is InChI=1S/C20H19BrN2O3/c1-3-26-19-9-6-15(11-18(19)21)10-16(12-22)20(24)23-13-14-4-7-17(25-2)8-5-14/h4-11H,3,13H2,1-2H3,(H,23,24)/b16-10-. The molecule has 1 N–H and O–H groups in total. The molecule has 5 nitrogen and oxygen atoms in total. The van der Waals surface area contributed by atoms with E-state index < -0.39 is 5.91 Å². The minimum atomic E-state index is -0.423. The fraction of sp³-hybridized carbons (Fsp3) is 0.200. The van der Waals surface area contributed by atoms with E-state index in [0.717, 1.165) is 21.3 Å². The first kappa shape index (κ1) is 19.5. The van der Waals surface area contributed by atoms with Gasteiger partial charge in [0.1, 0.15) is 23.1 Å². The van der Waals surface area contributed by atoms with Crippen LogP contribution in [0.1, 0.15) is 18.1 Å². The lowest BCUT2D eigenvalue weighted by molar-refractivity contribution is -0.117. The molecule has 26 heavy (non-hydrogen) atoms. The van der Waals surface area contributed by atoms with Crippen molar-refractivity contribution in [2.75, 3.05) is 13.7 Å². The fourth-order valence-electron chi connectivity index (χ4n) is 2.22. The summed E-state index contributed by atoms with van der Waals surface area (Å²) in [6.45, 7) is 2.79. The average Bonchev–Trinajstić information content (AvgIpc) is 2.66. The van der Waals surface area contributed by atoms with Gasteiger partial charge in [-0.15, -0.1) is 0 Å². The van der Waals surface area contributed by atoms with Gasteiger partial charge in [0.15, 0.2) is 0 Å². The zero-order chi connectivity index (χ0) is 18.9. The number of hydrogen-bond acceptors (Lipinski definition) is 4. The number of nitrogens with one attached hydrogen (secondary N) is 1. The molecule has 1 amide bonds. The Balaban J connectivity index is 2.06. The van der Waals surface area contributed by atoms with Crippen LogP contribution in [0.15, 0.2) is 52.5 Å². The Kier molecular flexibility index (Phi) is 7.24. The first-order chi connectivity index (χ1) is 12.6. The van der Waals surface area contributed by atoms with Crippen LogP contribution in [0.2, 0.25) is 0 Å². The molecular weight excluding hydrogens is 396 g/mol. The van der Waals surface area contributed by atoms with Crippen molar-refractivity contribution in [3.05, 3.63) is 63.6 Å². The average molecular weight is 415 g/mol. The summed E-state index contributed by atoms with van der Waals surface area (Å²) in [5.74, 6) is 1.04. The molecule has 0 bridgehead atoms. The molecule has 2 rings (SSSR count). The van der Waals surface area contributed by atoms with E-state index in [-0.39, 0.29) is 5.57 Å². The van der Waals surface area contributed by atoms with Gasteiger partial charge in [0.2, 0.25) is 0 Å². The molecule has 134 valence electrons. The van der Waals surface area contributed by atoms with Crippen molar-refractivity contribution < 1.29 is 14.3 Å². The van der Waals surface area contributed by atoms with Crippen LogP contribution < -0.4 is 14.8 Å². The van der Waals surface area contributed by atoms with E-state index in [4.69, 9.17) is 9.47 Å². The summed E-state index contributed by atoms with van der Waals surface area (Å²) in [4.78, 5) is 12.3. The van der Waals surface area contributed by atoms with Crippen LogP contribution in [0.4, 0.5) is 0 Å². The molecule has 0 heterocycles. The van der Waals surface area contributed by atoms with Crippen molar-refractivity contribution in [3.8, 4) is 17.6 Å². The minimum Gasteiger partial charge on any atom is -0.497 e. The normalized spacial score (nSPS) is 10.8. The maximum atomic E-state index is 12.3. The van der Waals surface area contributed by atoms with Crippen molar-refractivity contribution in [1.82, 2.24) is 5.32 Å².